The number of hydrogen-bond acceptors (Lipinski definition) is 5. The van der Waals surface area contributed by atoms with Crippen molar-refractivity contribution in [3.05, 3.63) is 30.4 Å². The minimum absolute atomic E-state index is 0.0126. The highest BCUT2D eigenvalue weighted by Gasteiger charge is 2.15. The lowest BCUT2D eigenvalue weighted by molar-refractivity contribution is 0.0584. The third-order valence-corrected chi connectivity index (χ3v) is 2.17. The van der Waals surface area contributed by atoms with Crippen molar-refractivity contribution in [3.63, 3.8) is 0 Å². The molecule has 0 saturated heterocycles. The lowest BCUT2D eigenvalue weighted by atomic mass is 10.6. The van der Waals surface area contributed by atoms with Crippen LogP contribution in [0.25, 0.3) is 0 Å². The number of imidazole rings is 1. The molecule has 0 aliphatic rings. The monoisotopic (exact) mass is 257 g/mol. The Kier molecular flexibility index (Phi) is 3.31. The van der Waals surface area contributed by atoms with Gasteiger partial charge >= 0.3 is 12.5 Å². The van der Waals surface area contributed by atoms with Crippen LogP contribution < -0.4 is 0 Å². The van der Waals surface area contributed by atoms with Crippen LogP contribution >= 0.6 is 0 Å². The zero-order chi connectivity index (χ0) is 13.1. The molecular formula is C9H9F2N5O2. The smallest absolute Gasteiger partial charge is 0.377 e. The van der Waals surface area contributed by atoms with E-state index in [0.717, 1.165) is 6.20 Å². The van der Waals surface area contributed by atoms with Crippen molar-refractivity contribution >= 4 is 5.97 Å². The van der Waals surface area contributed by atoms with Crippen molar-refractivity contribution in [3.8, 4) is 0 Å². The molecule has 0 radical (unpaired) electrons. The molecule has 9 heteroatoms. The van der Waals surface area contributed by atoms with Crippen LogP contribution in [0.5, 0.6) is 0 Å². The number of alkyl halides is 2. The van der Waals surface area contributed by atoms with Crippen LogP contribution in [0, 0.1) is 0 Å². The topological polar surface area (TPSA) is 74.8 Å². The predicted molar refractivity (Wildman–Crippen MR) is 53.9 cm³/mol. The lowest BCUT2D eigenvalue weighted by Gasteiger charge is -2.05. The Labute approximate surface area is 100 Å². The van der Waals surface area contributed by atoms with Gasteiger partial charge in [-0.3, -0.25) is 4.57 Å². The largest absolute Gasteiger partial charge is 0.463 e. The van der Waals surface area contributed by atoms with Gasteiger partial charge in [0.25, 0.3) is 5.82 Å². The highest BCUT2D eigenvalue weighted by Crippen LogP contribution is 2.12. The van der Waals surface area contributed by atoms with Crippen molar-refractivity contribution < 1.29 is 18.3 Å². The maximum atomic E-state index is 12.6. The molecule has 0 saturated carbocycles. The van der Waals surface area contributed by atoms with E-state index >= 15 is 0 Å². The summed E-state index contributed by atoms with van der Waals surface area (Å²) in [6.07, 6.45) is 3.68. The fraction of sp³-hybridized carbons (Fsp3) is 0.333. The third kappa shape index (κ3) is 2.34. The molecule has 0 aliphatic carbocycles. The van der Waals surface area contributed by atoms with E-state index in [9.17, 15) is 13.6 Å². The van der Waals surface area contributed by atoms with Gasteiger partial charge in [0, 0.05) is 12.4 Å². The number of nitrogens with zero attached hydrogens (tertiary/aromatic N) is 5. The molecule has 0 N–H and O–H groups in total. The Morgan fingerprint density at radius 3 is 2.94 bits per heavy atom. The van der Waals surface area contributed by atoms with Gasteiger partial charge in [-0.05, 0) is 0 Å². The number of esters is 1. The van der Waals surface area contributed by atoms with Gasteiger partial charge in [0.15, 0.2) is 0 Å². The Bertz CT molecular complexity index is 551. The van der Waals surface area contributed by atoms with Gasteiger partial charge in [-0.2, -0.15) is 8.78 Å². The molecule has 7 nitrogen and oxygen atoms in total. The molecular weight excluding hydrogens is 248 g/mol. The number of carbonyl (C=O) groups is 1. The summed E-state index contributed by atoms with van der Waals surface area (Å²) < 4.78 is 31.5. The zero-order valence-electron chi connectivity index (χ0n) is 9.33. The van der Waals surface area contributed by atoms with E-state index in [0.29, 0.717) is 4.57 Å². The molecule has 2 aromatic rings. The minimum Gasteiger partial charge on any atom is -0.463 e. The van der Waals surface area contributed by atoms with Gasteiger partial charge < -0.3 is 4.74 Å². The van der Waals surface area contributed by atoms with E-state index < -0.39 is 12.5 Å². The first-order valence-corrected chi connectivity index (χ1v) is 4.89. The molecule has 2 rings (SSSR count). The second-order valence-electron chi connectivity index (χ2n) is 3.29. The van der Waals surface area contributed by atoms with Gasteiger partial charge in [0.2, 0.25) is 0 Å². The predicted octanol–water partition coefficient (Wildman–Crippen LogP) is 0.705. The molecule has 0 aromatic carbocycles. The van der Waals surface area contributed by atoms with Crippen LogP contribution in [0.4, 0.5) is 8.78 Å². The van der Waals surface area contributed by atoms with Crippen molar-refractivity contribution in [1.29, 1.82) is 0 Å². The van der Waals surface area contributed by atoms with E-state index in [-0.39, 0.29) is 18.2 Å². The number of aromatic nitrogens is 5. The molecule has 18 heavy (non-hydrogen) atoms. The Balaban J connectivity index is 2.16. The molecule has 96 valence electrons. The maximum absolute atomic E-state index is 12.6. The molecule has 2 aromatic heterocycles. The number of methoxy groups -OCH3 is 1. The van der Waals surface area contributed by atoms with Crippen molar-refractivity contribution in [1.82, 2.24) is 24.3 Å². The van der Waals surface area contributed by atoms with Crippen LogP contribution in [0.2, 0.25) is 0 Å². The number of hydrogen-bond donors (Lipinski definition) is 0. The molecule has 0 unspecified atom stereocenters. The Morgan fingerprint density at radius 2 is 2.28 bits per heavy atom. The van der Waals surface area contributed by atoms with Crippen molar-refractivity contribution in [2.45, 2.75) is 13.1 Å². The molecule has 2 heterocycles. The van der Waals surface area contributed by atoms with Crippen LogP contribution in [0.15, 0.2) is 18.7 Å². The summed E-state index contributed by atoms with van der Waals surface area (Å²) in [4.78, 5) is 18.6. The SMILES string of the molecule is COC(=O)c1ncn(Cc2nccn2C(F)F)n1. The van der Waals surface area contributed by atoms with Gasteiger partial charge in [0.05, 0.1) is 7.11 Å². The fourth-order valence-electron chi connectivity index (χ4n) is 1.34. The summed E-state index contributed by atoms with van der Waals surface area (Å²) in [5.74, 6) is -0.704. The second kappa shape index (κ2) is 4.90. The summed E-state index contributed by atoms with van der Waals surface area (Å²) in [6, 6.07) is 0. The summed E-state index contributed by atoms with van der Waals surface area (Å²) in [7, 11) is 1.20. The van der Waals surface area contributed by atoms with Crippen LogP contribution in [-0.4, -0.2) is 37.4 Å². The van der Waals surface area contributed by atoms with E-state index in [4.69, 9.17) is 0 Å². The first kappa shape index (κ1) is 12.1. The quantitative estimate of drug-likeness (QED) is 0.754. The fourth-order valence-corrected chi connectivity index (χ4v) is 1.34. The molecule has 0 bridgehead atoms. The molecule has 0 amide bonds. The number of ether oxygens (including phenoxy) is 1. The van der Waals surface area contributed by atoms with E-state index in [1.165, 1.54) is 24.3 Å². The van der Waals surface area contributed by atoms with Gasteiger partial charge in [-0.1, -0.05) is 0 Å². The average Bonchev–Trinajstić information content (AvgIpc) is 2.97. The minimum atomic E-state index is -2.67. The molecule has 0 spiro atoms. The van der Waals surface area contributed by atoms with Crippen molar-refractivity contribution in [2.24, 2.45) is 0 Å². The normalized spacial score (nSPS) is 10.9. The van der Waals surface area contributed by atoms with E-state index in [1.807, 2.05) is 0 Å². The average molecular weight is 257 g/mol. The maximum Gasteiger partial charge on any atom is 0.377 e. The summed E-state index contributed by atoms with van der Waals surface area (Å²) in [5, 5.41) is 3.79. The standard InChI is InChI=1S/C9H9F2N5O2/c1-18-8(17)7-13-5-15(14-7)4-6-12-2-3-16(6)9(10)11/h2-3,5,9H,4H2,1H3. The van der Waals surface area contributed by atoms with Crippen LogP contribution in [-0.2, 0) is 11.3 Å². The highest BCUT2D eigenvalue weighted by atomic mass is 19.3. The number of carbonyl (C=O) groups excluding carboxylic acids is 1. The second-order valence-corrected chi connectivity index (χ2v) is 3.29. The van der Waals surface area contributed by atoms with E-state index in [2.05, 4.69) is 19.8 Å². The first-order chi connectivity index (χ1) is 8.61. The zero-order valence-corrected chi connectivity index (χ0v) is 9.33. The molecule has 0 atom stereocenters. The number of halogens is 2. The third-order valence-electron chi connectivity index (χ3n) is 2.17. The lowest BCUT2D eigenvalue weighted by Crippen LogP contribution is -2.10. The van der Waals surface area contributed by atoms with Crippen LogP contribution in [0.1, 0.15) is 23.0 Å². The highest BCUT2D eigenvalue weighted by molar-refractivity contribution is 5.84. The summed E-state index contributed by atoms with van der Waals surface area (Å²) in [6.45, 7) is -2.69. The molecule has 0 fully saturated rings. The van der Waals surface area contributed by atoms with Gasteiger partial charge in [-0.15, -0.1) is 5.10 Å². The van der Waals surface area contributed by atoms with Crippen LogP contribution in [0.3, 0.4) is 0 Å². The molecule has 0 aliphatic heterocycles. The first-order valence-electron chi connectivity index (χ1n) is 4.89. The Morgan fingerprint density at radius 1 is 1.50 bits per heavy atom. The van der Waals surface area contributed by atoms with E-state index in [1.54, 1.807) is 0 Å². The van der Waals surface area contributed by atoms with Gasteiger partial charge in [0.1, 0.15) is 18.7 Å². The van der Waals surface area contributed by atoms with Crippen molar-refractivity contribution in [2.75, 3.05) is 7.11 Å². The summed E-state index contributed by atoms with van der Waals surface area (Å²) in [5.41, 5.74) is 0. The summed E-state index contributed by atoms with van der Waals surface area (Å²) >= 11 is 0. The van der Waals surface area contributed by atoms with Gasteiger partial charge in [-0.25, -0.2) is 19.4 Å². The Hall–Kier alpha value is -2.32. The number of rotatable bonds is 4.